The average Bonchev–Trinajstić information content (AvgIpc) is 2.83. The van der Waals surface area contributed by atoms with Gasteiger partial charge < -0.3 is 0 Å². The summed E-state index contributed by atoms with van der Waals surface area (Å²) in [5.74, 6) is 0.968. The van der Waals surface area contributed by atoms with Crippen LogP contribution in [0.1, 0.15) is 12.8 Å². The molecule has 1 fully saturated rings. The quantitative estimate of drug-likeness (QED) is 0.758. The van der Waals surface area contributed by atoms with Crippen molar-refractivity contribution in [3.05, 3.63) is 24.3 Å². The molecule has 0 saturated carbocycles. The maximum atomic E-state index is 5.16. The van der Waals surface area contributed by atoms with Crippen molar-refractivity contribution in [1.29, 1.82) is 0 Å². The van der Waals surface area contributed by atoms with Gasteiger partial charge in [-0.2, -0.15) is 0 Å². The van der Waals surface area contributed by atoms with Gasteiger partial charge in [0.2, 0.25) is 0 Å². The zero-order valence-electron chi connectivity index (χ0n) is 9.82. The molecule has 3 heteroatoms. The molecule has 0 atom stereocenters. The fraction of sp³-hybridized carbons (Fsp3) is 0.538. The minimum atomic E-state index is 0.0139. The number of ether oxygens (including phenoxy) is 1. The van der Waals surface area contributed by atoms with Crippen molar-refractivity contribution in [3.8, 4) is 5.75 Å². The molecule has 0 spiro atoms. The summed E-state index contributed by atoms with van der Waals surface area (Å²) in [6, 6.07) is 8.61. The Kier molecular flexibility index (Phi) is 4.96. The second-order valence-corrected chi connectivity index (χ2v) is 7.41. The Labute approximate surface area is 108 Å². The van der Waals surface area contributed by atoms with E-state index in [1.807, 2.05) is 0 Å². The maximum absolute atomic E-state index is 5.16. The van der Waals surface area contributed by atoms with E-state index < -0.39 is 0 Å². The third-order valence-corrected chi connectivity index (χ3v) is 5.77. The Morgan fingerprint density at radius 1 is 1.19 bits per heavy atom. The molecule has 1 aromatic rings. The van der Waals surface area contributed by atoms with Crippen LogP contribution in [0.4, 0.5) is 0 Å². The van der Waals surface area contributed by atoms with Crippen LogP contribution in [0.15, 0.2) is 24.3 Å². The van der Waals surface area contributed by atoms with E-state index in [0.29, 0.717) is 0 Å². The molecule has 0 aliphatic carbocycles. The predicted octanol–water partition coefficient (Wildman–Crippen LogP) is 1.54. The molecule has 0 unspecified atom stereocenters. The Morgan fingerprint density at radius 2 is 1.88 bits per heavy atom. The molecule has 1 aliphatic heterocycles. The van der Waals surface area contributed by atoms with Crippen LogP contribution in [0.2, 0.25) is 4.47 Å². The molecule has 16 heavy (non-hydrogen) atoms. The van der Waals surface area contributed by atoms with Crippen LogP contribution >= 0.6 is 0 Å². The van der Waals surface area contributed by atoms with E-state index in [1.165, 1.54) is 36.9 Å². The summed E-state index contributed by atoms with van der Waals surface area (Å²) in [6.07, 6.45) is 2.81. The van der Waals surface area contributed by atoms with Gasteiger partial charge in [0.05, 0.1) is 0 Å². The van der Waals surface area contributed by atoms with E-state index in [9.17, 15) is 0 Å². The molecule has 2 nitrogen and oxygen atoms in total. The first kappa shape index (κ1) is 12.2. The van der Waals surface area contributed by atoms with E-state index in [1.54, 1.807) is 10.7 Å². The van der Waals surface area contributed by atoms with E-state index in [-0.39, 0.29) is 20.9 Å². The summed E-state index contributed by atoms with van der Waals surface area (Å²) < 4.78 is 8.11. The molecule has 0 amide bonds. The molecular weight excluding hydrogens is 314 g/mol. The second kappa shape index (κ2) is 6.49. The van der Waals surface area contributed by atoms with Gasteiger partial charge in [0.1, 0.15) is 0 Å². The SMILES string of the molecule is COc1ccc([Te]CCN2CCCC2)cc1. The summed E-state index contributed by atoms with van der Waals surface area (Å²) >= 11 is 0.0139. The first-order chi connectivity index (χ1) is 7.88. The standard InChI is InChI=1S/C13H19NOTe/c1-15-12-4-6-13(7-5-12)16-11-10-14-8-2-3-9-14/h4-7H,2-3,8-11H2,1H3. The van der Waals surface area contributed by atoms with E-state index >= 15 is 0 Å². The van der Waals surface area contributed by atoms with Crippen molar-refractivity contribution < 1.29 is 4.74 Å². The summed E-state index contributed by atoms with van der Waals surface area (Å²) in [4.78, 5) is 2.61. The number of benzene rings is 1. The molecule has 0 N–H and O–H groups in total. The van der Waals surface area contributed by atoms with Gasteiger partial charge in [0.25, 0.3) is 0 Å². The molecule has 0 aromatic heterocycles. The van der Waals surface area contributed by atoms with E-state index in [2.05, 4.69) is 29.2 Å². The molecule has 0 bridgehead atoms. The van der Waals surface area contributed by atoms with Crippen molar-refractivity contribution in [2.45, 2.75) is 17.3 Å². The van der Waals surface area contributed by atoms with Crippen LogP contribution in [-0.4, -0.2) is 52.6 Å². The fourth-order valence-electron chi connectivity index (χ4n) is 1.97. The van der Waals surface area contributed by atoms with Crippen molar-refractivity contribution >= 4 is 24.5 Å². The van der Waals surface area contributed by atoms with Crippen LogP contribution in [0, 0.1) is 0 Å². The third-order valence-electron chi connectivity index (χ3n) is 2.93. The van der Waals surface area contributed by atoms with E-state index in [0.717, 1.165) is 5.75 Å². The summed E-state index contributed by atoms with van der Waals surface area (Å²) in [7, 11) is 1.72. The van der Waals surface area contributed by atoms with Gasteiger partial charge in [-0.1, -0.05) is 0 Å². The number of rotatable bonds is 5. The van der Waals surface area contributed by atoms with Crippen LogP contribution in [0.3, 0.4) is 0 Å². The second-order valence-electron chi connectivity index (χ2n) is 4.07. The number of hydrogen-bond acceptors (Lipinski definition) is 2. The Balaban J connectivity index is 1.71. The molecule has 2 rings (SSSR count). The van der Waals surface area contributed by atoms with Gasteiger partial charge in [0, 0.05) is 0 Å². The first-order valence-electron chi connectivity index (χ1n) is 5.88. The molecule has 1 aliphatic rings. The van der Waals surface area contributed by atoms with E-state index in [4.69, 9.17) is 4.74 Å². The van der Waals surface area contributed by atoms with Gasteiger partial charge in [0.15, 0.2) is 0 Å². The number of hydrogen-bond donors (Lipinski definition) is 0. The molecular formula is C13H19NOTe. The third kappa shape index (κ3) is 3.66. The van der Waals surface area contributed by atoms with Gasteiger partial charge in [-0.25, -0.2) is 0 Å². The van der Waals surface area contributed by atoms with Crippen molar-refractivity contribution in [2.24, 2.45) is 0 Å². The number of methoxy groups -OCH3 is 1. The van der Waals surface area contributed by atoms with Gasteiger partial charge in [-0.15, -0.1) is 0 Å². The number of likely N-dealkylation sites (tertiary alicyclic amines) is 1. The average molecular weight is 333 g/mol. The van der Waals surface area contributed by atoms with Crippen molar-refractivity contribution in [1.82, 2.24) is 4.90 Å². The van der Waals surface area contributed by atoms with Gasteiger partial charge in [-0.05, 0) is 0 Å². The van der Waals surface area contributed by atoms with Crippen LogP contribution in [0.5, 0.6) is 5.75 Å². The Morgan fingerprint density at radius 3 is 2.50 bits per heavy atom. The van der Waals surface area contributed by atoms with Crippen LogP contribution in [0.25, 0.3) is 0 Å². The first-order valence-corrected chi connectivity index (χ1v) is 8.69. The van der Waals surface area contributed by atoms with Crippen LogP contribution < -0.4 is 8.35 Å². The molecule has 1 aromatic carbocycles. The monoisotopic (exact) mass is 335 g/mol. The normalized spacial score (nSPS) is 16.6. The molecule has 0 radical (unpaired) electrons. The summed E-state index contributed by atoms with van der Waals surface area (Å²) in [6.45, 7) is 3.97. The van der Waals surface area contributed by atoms with Crippen LogP contribution in [-0.2, 0) is 0 Å². The predicted molar refractivity (Wildman–Crippen MR) is 68.9 cm³/mol. The molecule has 1 heterocycles. The zero-order valence-corrected chi connectivity index (χ0v) is 12.1. The molecule has 88 valence electrons. The van der Waals surface area contributed by atoms with Gasteiger partial charge in [-0.3, -0.25) is 0 Å². The van der Waals surface area contributed by atoms with Gasteiger partial charge >= 0.3 is 108 Å². The Bertz CT molecular complexity index is 306. The Hall–Kier alpha value is -0.230. The number of nitrogens with zero attached hydrogens (tertiary/aromatic N) is 1. The van der Waals surface area contributed by atoms with Crippen molar-refractivity contribution in [2.75, 3.05) is 26.7 Å². The summed E-state index contributed by atoms with van der Waals surface area (Å²) in [5, 5.41) is 0. The van der Waals surface area contributed by atoms with Crippen molar-refractivity contribution in [3.63, 3.8) is 0 Å². The fourth-order valence-corrected chi connectivity index (χ4v) is 4.58. The topological polar surface area (TPSA) is 12.5 Å². The minimum absolute atomic E-state index is 0.0139. The molecule has 1 saturated heterocycles. The zero-order chi connectivity index (χ0) is 11.2. The summed E-state index contributed by atoms with van der Waals surface area (Å²) in [5.41, 5.74) is 0.